The lowest BCUT2D eigenvalue weighted by molar-refractivity contribution is 0.379. The maximum Gasteiger partial charge on any atom is 0.119 e. The molecule has 1 atom stereocenters. The number of benzene rings is 1. The van der Waals surface area contributed by atoms with Gasteiger partial charge in [-0.3, -0.25) is 0 Å². The average Bonchev–Trinajstić information content (AvgIpc) is 2.91. The number of hydrogen-bond acceptors (Lipinski definition) is 2. The molecule has 1 aliphatic rings. The molecule has 18 heavy (non-hydrogen) atoms. The molecule has 1 saturated carbocycles. The van der Waals surface area contributed by atoms with Crippen molar-refractivity contribution >= 4 is 15.9 Å². The van der Waals surface area contributed by atoms with E-state index in [0.29, 0.717) is 6.04 Å². The van der Waals surface area contributed by atoms with E-state index in [1.807, 2.05) is 6.07 Å². The molecule has 1 N–H and O–H groups in total. The van der Waals surface area contributed by atoms with Gasteiger partial charge in [-0.1, -0.05) is 28.8 Å². The molecule has 1 aromatic rings. The number of methoxy groups -OCH3 is 1. The lowest BCUT2D eigenvalue weighted by Crippen LogP contribution is -2.31. The van der Waals surface area contributed by atoms with Crippen LogP contribution in [-0.4, -0.2) is 13.2 Å². The van der Waals surface area contributed by atoms with E-state index in [1.165, 1.54) is 31.2 Å². The lowest BCUT2D eigenvalue weighted by atomic mass is 9.99. The molecule has 1 aliphatic carbocycles. The molecule has 0 amide bonds. The number of nitrogens with one attached hydrogen (secondary N) is 1. The first-order valence-electron chi connectivity index (χ1n) is 6.76. The van der Waals surface area contributed by atoms with Crippen molar-refractivity contribution in [1.82, 2.24) is 5.32 Å². The van der Waals surface area contributed by atoms with Gasteiger partial charge >= 0.3 is 0 Å². The standard InChI is InChI=1S/C15H22BrNO/c1-11(12-5-3-4-6-12)17-10-13-9-14(18-2)7-8-15(13)16/h7-9,11-12,17H,3-6,10H2,1-2H3. The summed E-state index contributed by atoms with van der Waals surface area (Å²) in [6.07, 6.45) is 5.57. The minimum Gasteiger partial charge on any atom is -0.497 e. The zero-order chi connectivity index (χ0) is 13.0. The van der Waals surface area contributed by atoms with Crippen molar-refractivity contribution in [2.24, 2.45) is 5.92 Å². The smallest absolute Gasteiger partial charge is 0.119 e. The Kier molecular flexibility index (Phi) is 5.07. The van der Waals surface area contributed by atoms with Gasteiger partial charge in [0.25, 0.3) is 0 Å². The molecule has 0 heterocycles. The maximum absolute atomic E-state index is 5.27. The minimum atomic E-state index is 0.602. The molecule has 2 nitrogen and oxygen atoms in total. The van der Waals surface area contributed by atoms with Gasteiger partial charge in [0.15, 0.2) is 0 Å². The van der Waals surface area contributed by atoms with E-state index >= 15 is 0 Å². The normalized spacial score (nSPS) is 17.9. The van der Waals surface area contributed by atoms with Gasteiger partial charge in [-0.15, -0.1) is 0 Å². The zero-order valence-electron chi connectivity index (χ0n) is 11.2. The largest absolute Gasteiger partial charge is 0.497 e. The van der Waals surface area contributed by atoms with E-state index in [2.05, 4.69) is 40.3 Å². The number of halogens is 1. The van der Waals surface area contributed by atoms with Crippen LogP contribution in [0.5, 0.6) is 5.75 Å². The van der Waals surface area contributed by atoms with Gasteiger partial charge in [0, 0.05) is 17.1 Å². The van der Waals surface area contributed by atoms with Gasteiger partial charge in [0.2, 0.25) is 0 Å². The summed E-state index contributed by atoms with van der Waals surface area (Å²) in [5.41, 5.74) is 1.26. The van der Waals surface area contributed by atoms with E-state index in [-0.39, 0.29) is 0 Å². The van der Waals surface area contributed by atoms with Gasteiger partial charge in [-0.25, -0.2) is 0 Å². The van der Waals surface area contributed by atoms with Crippen LogP contribution in [0.3, 0.4) is 0 Å². The van der Waals surface area contributed by atoms with Crippen LogP contribution < -0.4 is 10.1 Å². The summed E-state index contributed by atoms with van der Waals surface area (Å²) in [6.45, 7) is 3.21. The van der Waals surface area contributed by atoms with Crippen molar-refractivity contribution in [2.75, 3.05) is 7.11 Å². The highest BCUT2D eigenvalue weighted by Gasteiger charge is 2.21. The SMILES string of the molecule is COc1ccc(Br)c(CNC(C)C2CCCC2)c1. The monoisotopic (exact) mass is 311 g/mol. The number of ether oxygens (including phenoxy) is 1. The van der Waals surface area contributed by atoms with Crippen molar-refractivity contribution in [3.8, 4) is 5.75 Å². The maximum atomic E-state index is 5.27. The Morgan fingerprint density at radius 1 is 1.39 bits per heavy atom. The highest BCUT2D eigenvalue weighted by Crippen LogP contribution is 2.28. The Morgan fingerprint density at radius 2 is 2.11 bits per heavy atom. The molecule has 0 radical (unpaired) electrons. The fourth-order valence-corrected chi connectivity index (χ4v) is 3.10. The molecule has 0 aliphatic heterocycles. The second-order valence-electron chi connectivity index (χ2n) is 5.17. The summed E-state index contributed by atoms with van der Waals surface area (Å²) < 4.78 is 6.42. The van der Waals surface area contributed by atoms with Gasteiger partial charge in [0.1, 0.15) is 5.75 Å². The quantitative estimate of drug-likeness (QED) is 0.883. The first-order chi connectivity index (χ1) is 8.70. The summed E-state index contributed by atoms with van der Waals surface area (Å²) in [6, 6.07) is 6.73. The van der Waals surface area contributed by atoms with E-state index in [0.717, 1.165) is 22.7 Å². The third kappa shape index (κ3) is 3.48. The Balaban J connectivity index is 1.92. The Morgan fingerprint density at radius 3 is 2.78 bits per heavy atom. The van der Waals surface area contributed by atoms with Gasteiger partial charge < -0.3 is 10.1 Å². The first kappa shape index (κ1) is 13.9. The minimum absolute atomic E-state index is 0.602. The van der Waals surface area contributed by atoms with Crippen LogP contribution in [-0.2, 0) is 6.54 Å². The summed E-state index contributed by atoms with van der Waals surface area (Å²) in [7, 11) is 1.71. The lowest BCUT2D eigenvalue weighted by Gasteiger charge is -2.21. The number of rotatable bonds is 5. The molecule has 0 bridgehead atoms. The van der Waals surface area contributed by atoms with Gasteiger partial charge in [-0.2, -0.15) is 0 Å². The zero-order valence-corrected chi connectivity index (χ0v) is 12.8. The third-order valence-electron chi connectivity index (χ3n) is 3.97. The van der Waals surface area contributed by atoms with Crippen molar-refractivity contribution in [3.05, 3.63) is 28.2 Å². The van der Waals surface area contributed by atoms with E-state index in [9.17, 15) is 0 Å². The predicted octanol–water partition coefficient (Wildman–Crippen LogP) is 4.13. The van der Waals surface area contributed by atoms with Crippen LogP contribution in [0.25, 0.3) is 0 Å². The molecule has 0 aromatic heterocycles. The van der Waals surface area contributed by atoms with Gasteiger partial charge in [-0.05, 0) is 49.4 Å². The highest BCUT2D eigenvalue weighted by molar-refractivity contribution is 9.10. The van der Waals surface area contributed by atoms with Crippen LogP contribution in [0.4, 0.5) is 0 Å². The fourth-order valence-electron chi connectivity index (χ4n) is 2.71. The summed E-state index contributed by atoms with van der Waals surface area (Å²) in [5, 5.41) is 3.65. The molecular weight excluding hydrogens is 290 g/mol. The van der Waals surface area contributed by atoms with Crippen molar-refractivity contribution in [1.29, 1.82) is 0 Å². The Labute approximate surface area is 118 Å². The van der Waals surface area contributed by atoms with E-state index < -0.39 is 0 Å². The fraction of sp³-hybridized carbons (Fsp3) is 0.600. The summed E-state index contributed by atoms with van der Waals surface area (Å²) >= 11 is 3.60. The van der Waals surface area contributed by atoms with Gasteiger partial charge in [0.05, 0.1) is 7.11 Å². The topological polar surface area (TPSA) is 21.3 Å². The van der Waals surface area contributed by atoms with Crippen LogP contribution >= 0.6 is 15.9 Å². The van der Waals surface area contributed by atoms with Crippen LogP contribution in [0, 0.1) is 5.92 Å². The average molecular weight is 312 g/mol. The molecule has 1 fully saturated rings. The molecule has 3 heteroatoms. The first-order valence-corrected chi connectivity index (χ1v) is 7.56. The molecule has 0 saturated heterocycles. The Bertz CT molecular complexity index is 388. The second-order valence-corrected chi connectivity index (χ2v) is 6.03. The molecule has 100 valence electrons. The molecular formula is C15H22BrNO. The van der Waals surface area contributed by atoms with Crippen LogP contribution in [0.2, 0.25) is 0 Å². The van der Waals surface area contributed by atoms with E-state index in [4.69, 9.17) is 4.74 Å². The third-order valence-corrected chi connectivity index (χ3v) is 4.75. The summed E-state index contributed by atoms with van der Waals surface area (Å²) in [5.74, 6) is 1.78. The van der Waals surface area contributed by atoms with Crippen molar-refractivity contribution in [2.45, 2.75) is 45.2 Å². The van der Waals surface area contributed by atoms with Crippen molar-refractivity contribution < 1.29 is 4.74 Å². The second kappa shape index (κ2) is 6.58. The molecule has 2 rings (SSSR count). The van der Waals surface area contributed by atoms with Crippen LogP contribution in [0.15, 0.2) is 22.7 Å². The molecule has 1 unspecified atom stereocenters. The van der Waals surface area contributed by atoms with E-state index in [1.54, 1.807) is 7.11 Å². The predicted molar refractivity (Wildman–Crippen MR) is 79.0 cm³/mol. The Hall–Kier alpha value is -0.540. The summed E-state index contributed by atoms with van der Waals surface area (Å²) in [4.78, 5) is 0. The van der Waals surface area contributed by atoms with Crippen LogP contribution in [0.1, 0.15) is 38.2 Å². The number of hydrogen-bond donors (Lipinski definition) is 1. The van der Waals surface area contributed by atoms with Crippen molar-refractivity contribution in [3.63, 3.8) is 0 Å². The highest BCUT2D eigenvalue weighted by atomic mass is 79.9. The molecule has 0 spiro atoms. The molecule has 1 aromatic carbocycles.